The number of thioether (sulfide) groups is 4. The first-order valence-corrected chi connectivity index (χ1v) is 22.9. The van der Waals surface area contributed by atoms with Gasteiger partial charge in [-0.1, -0.05) is 77.6 Å². The van der Waals surface area contributed by atoms with Gasteiger partial charge in [0.15, 0.2) is 5.56 Å². The SMILES string of the molecule is CC(=O)N[C@@H](CSC(C)(C)c1cccc(CCOC(=O)[C@H](CSC(=O)C2CSC(OCCOC(=O)[C@H](CSC(=O)c3ccc(C)cc3)NC(C)=O)N2)NC(C)=O)c1)C(N)=O. The second kappa shape index (κ2) is 25.0. The van der Waals surface area contributed by atoms with Crippen molar-refractivity contribution >= 4 is 92.8 Å². The zero-order valence-corrected chi connectivity index (χ0v) is 37.6. The number of carbonyl (C=O) groups is 8. The van der Waals surface area contributed by atoms with E-state index >= 15 is 0 Å². The molecule has 5 atom stereocenters. The monoisotopic (exact) mass is 907 g/mol. The average molecular weight is 908 g/mol. The van der Waals surface area contributed by atoms with E-state index in [0.717, 1.165) is 40.2 Å². The van der Waals surface area contributed by atoms with Crippen LogP contribution >= 0.6 is 47.0 Å². The lowest BCUT2D eigenvalue weighted by Gasteiger charge is -2.27. The molecule has 0 radical (unpaired) electrons. The maximum Gasteiger partial charge on any atom is 0.329 e. The number of primary amides is 1. The van der Waals surface area contributed by atoms with Gasteiger partial charge in [0.1, 0.15) is 24.7 Å². The number of carbonyl (C=O) groups excluding carboxylic acids is 8. The van der Waals surface area contributed by atoms with E-state index in [9.17, 15) is 38.4 Å². The number of rotatable bonds is 23. The van der Waals surface area contributed by atoms with Crippen LogP contribution in [0.3, 0.4) is 0 Å². The Balaban J connectivity index is 1.41. The van der Waals surface area contributed by atoms with Gasteiger partial charge >= 0.3 is 11.9 Å². The number of esters is 2. The zero-order chi connectivity index (χ0) is 44.4. The fourth-order valence-corrected chi connectivity index (χ4v) is 9.43. The lowest BCUT2D eigenvalue weighted by molar-refractivity contribution is -0.148. The van der Waals surface area contributed by atoms with Crippen LogP contribution in [0.15, 0.2) is 48.5 Å². The molecule has 2 aromatic carbocycles. The predicted octanol–water partition coefficient (Wildman–Crippen LogP) is 2.43. The van der Waals surface area contributed by atoms with Crippen molar-refractivity contribution in [3.05, 3.63) is 70.8 Å². The number of aryl methyl sites for hydroxylation is 1. The molecule has 0 saturated carbocycles. The molecule has 328 valence electrons. The van der Waals surface area contributed by atoms with Crippen molar-refractivity contribution in [3.8, 4) is 0 Å². The molecule has 1 saturated heterocycles. The predicted molar refractivity (Wildman–Crippen MR) is 234 cm³/mol. The maximum atomic E-state index is 13.1. The van der Waals surface area contributed by atoms with E-state index in [0.29, 0.717) is 17.7 Å². The van der Waals surface area contributed by atoms with E-state index in [1.165, 1.54) is 44.3 Å². The summed E-state index contributed by atoms with van der Waals surface area (Å²) in [5.41, 5.74) is 8.19. The van der Waals surface area contributed by atoms with Gasteiger partial charge in [-0.3, -0.25) is 34.1 Å². The van der Waals surface area contributed by atoms with Crippen LogP contribution in [0.2, 0.25) is 0 Å². The first-order valence-electron chi connectivity index (χ1n) is 18.9. The third-order valence-electron chi connectivity index (χ3n) is 8.61. The second-order valence-corrected chi connectivity index (χ2v) is 18.9. The van der Waals surface area contributed by atoms with Crippen LogP contribution in [-0.2, 0) is 58.9 Å². The molecule has 0 aromatic heterocycles. The van der Waals surface area contributed by atoms with E-state index < -0.39 is 64.1 Å². The molecule has 16 nitrogen and oxygen atoms in total. The number of ether oxygens (including phenoxy) is 3. The summed E-state index contributed by atoms with van der Waals surface area (Å²) in [4.78, 5) is 98.3. The van der Waals surface area contributed by atoms with Crippen LogP contribution in [0.25, 0.3) is 0 Å². The summed E-state index contributed by atoms with van der Waals surface area (Å²) in [6, 6.07) is 11.1. The molecular formula is C40H53N5O11S4. The highest BCUT2D eigenvalue weighted by molar-refractivity contribution is 8.14. The Kier molecular flexibility index (Phi) is 20.9. The Morgan fingerprint density at radius 1 is 0.800 bits per heavy atom. The summed E-state index contributed by atoms with van der Waals surface area (Å²) in [5.74, 6) is -2.71. The van der Waals surface area contributed by atoms with Crippen LogP contribution < -0.4 is 27.0 Å². The largest absolute Gasteiger partial charge is 0.464 e. The summed E-state index contributed by atoms with van der Waals surface area (Å²) in [5, 5.41) is 10.2. The highest BCUT2D eigenvalue weighted by atomic mass is 32.2. The first-order chi connectivity index (χ1) is 28.3. The molecule has 1 aliphatic rings. The lowest BCUT2D eigenvalue weighted by Crippen LogP contribution is -2.45. The average Bonchev–Trinajstić information content (AvgIpc) is 3.67. The van der Waals surface area contributed by atoms with Gasteiger partial charge in [0.2, 0.25) is 33.9 Å². The number of amides is 4. The third-order valence-corrected chi connectivity index (χ3v) is 13.2. The molecule has 4 amide bonds. The molecule has 2 unspecified atom stereocenters. The molecule has 1 heterocycles. The van der Waals surface area contributed by atoms with Crippen molar-refractivity contribution in [3.63, 3.8) is 0 Å². The Morgan fingerprint density at radius 3 is 1.98 bits per heavy atom. The maximum absolute atomic E-state index is 13.1. The van der Waals surface area contributed by atoms with Gasteiger partial charge in [-0.05, 0) is 31.9 Å². The van der Waals surface area contributed by atoms with Gasteiger partial charge in [-0.2, -0.15) is 0 Å². The van der Waals surface area contributed by atoms with Gasteiger partial charge < -0.3 is 35.9 Å². The number of nitrogens with one attached hydrogen (secondary N) is 4. The smallest absolute Gasteiger partial charge is 0.329 e. The molecule has 0 spiro atoms. The Hall–Kier alpha value is -4.08. The van der Waals surface area contributed by atoms with Crippen molar-refractivity contribution in [1.29, 1.82) is 0 Å². The van der Waals surface area contributed by atoms with Crippen molar-refractivity contribution < 1.29 is 52.6 Å². The van der Waals surface area contributed by atoms with Crippen LogP contribution in [0.1, 0.15) is 61.7 Å². The molecule has 1 aliphatic heterocycles. The highest BCUT2D eigenvalue weighted by Crippen LogP contribution is 2.36. The van der Waals surface area contributed by atoms with E-state index in [1.54, 1.807) is 12.1 Å². The Labute approximate surface area is 366 Å². The fourth-order valence-electron chi connectivity index (χ4n) is 5.39. The Bertz CT molecular complexity index is 1850. The molecule has 2 aromatic rings. The minimum atomic E-state index is -1.07. The summed E-state index contributed by atoms with van der Waals surface area (Å²) < 4.78 is 16.1. The molecule has 1 fully saturated rings. The first kappa shape index (κ1) is 50.3. The van der Waals surface area contributed by atoms with Crippen LogP contribution in [0.5, 0.6) is 0 Å². The number of hydrogen-bond acceptors (Lipinski definition) is 16. The third kappa shape index (κ3) is 17.9. The van der Waals surface area contributed by atoms with Gasteiger partial charge in [-0.15, -0.1) is 23.5 Å². The number of hydrogen-bond donors (Lipinski definition) is 5. The second-order valence-electron chi connectivity index (χ2n) is 14.1. The van der Waals surface area contributed by atoms with Crippen molar-refractivity contribution in [1.82, 2.24) is 21.3 Å². The van der Waals surface area contributed by atoms with E-state index in [2.05, 4.69) is 21.3 Å². The summed E-state index contributed by atoms with van der Waals surface area (Å²) in [7, 11) is 0. The van der Waals surface area contributed by atoms with Crippen LogP contribution in [-0.4, -0.2) is 118 Å². The molecule has 0 bridgehead atoms. The van der Waals surface area contributed by atoms with Crippen molar-refractivity contribution in [2.75, 3.05) is 42.8 Å². The summed E-state index contributed by atoms with van der Waals surface area (Å²) >= 11 is 4.57. The van der Waals surface area contributed by atoms with Crippen LogP contribution in [0, 0.1) is 6.92 Å². The number of benzene rings is 2. The van der Waals surface area contributed by atoms with E-state index in [4.69, 9.17) is 19.9 Å². The molecule has 3 rings (SSSR count). The van der Waals surface area contributed by atoms with Gasteiger partial charge in [0.05, 0.1) is 19.3 Å². The quantitative estimate of drug-likeness (QED) is 0.0795. The van der Waals surface area contributed by atoms with Crippen molar-refractivity contribution in [2.45, 2.75) is 82.4 Å². The van der Waals surface area contributed by atoms with Gasteiger partial charge in [0.25, 0.3) is 0 Å². The lowest BCUT2D eigenvalue weighted by atomic mass is 9.99. The van der Waals surface area contributed by atoms with Gasteiger partial charge in [0, 0.05) is 60.5 Å². The van der Waals surface area contributed by atoms with Crippen molar-refractivity contribution in [2.24, 2.45) is 5.73 Å². The summed E-state index contributed by atoms with van der Waals surface area (Å²) in [6.45, 7) is 9.60. The van der Waals surface area contributed by atoms with Crippen LogP contribution in [0.4, 0.5) is 0 Å². The molecule has 60 heavy (non-hydrogen) atoms. The summed E-state index contributed by atoms with van der Waals surface area (Å²) in [6.07, 6.45) is 0.378. The highest BCUT2D eigenvalue weighted by Gasteiger charge is 2.33. The minimum absolute atomic E-state index is 0.0124. The fraction of sp³-hybridized carbons (Fsp3) is 0.500. The Morgan fingerprint density at radius 2 is 1.38 bits per heavy atom. The molecular weight excluding hydrogens is 855 g/mol. The standard InChI is InChI=1S/C40H53N5O11S4/c1-23-10-12-28(13-11-23)37(52)57-19-31(43-25(3)47)36(51)55-16-17-56-39-45-33(21-59-39)38(53)58-20-32(44-26(4)48)35(50)54-15-14-27-8-7-9-29(18-27)40(5,6)60-22-30(34(41)49)42-24(2)46/h7-13,18,30-33,39,45H,14-17,19-22H2,1-6H3,(H2,41,49)(H,42,46)(H,43,47)(H,44,48)/t30-,31-,32-,33?,39?/m0/s1. The molecule has 0 aliphatic carbocycles. The topological polar surface area (TPSA) is 238 Å². The van der Waals surface area contributed by atoms with E-state index in [1.807, 2.05) is 57.2 Å². The zero-order valence-electron chi connectivity index (χ0n) is 34.4. The normalized spacial score (nSPS) is 16.4. The molecule has 20 heteroatoms. The van der Waals surface area contributed by atoms with E-state index in [-0.39, 0.29) is 53.2 Å². The number of nitrogens with two attached hydrogens (primary N) is 1. The molecule has 6 N–H and O–H groups in total. The minimum Gasteiger partial charge on any atom is -0.464 e. The van der Waals surface area contributed by atoms with Gasteiger partial charge in [-0.25, -0.2) is 9.59 Å².